The fraction of sp³-hybridized carbons (Fsp3) is 0.667. The first-order chi connectivity index (χ1) is 20.4. The van der Waals surface area contributed by atoms with Gasteiger partial charge in [0.2, 0.25) is 11.8 Å². The number of rotatable bonds is 9. The first kappa shape index (κ1) is 30.1. The topological polar surface area (TPSA) is 128 Å². The number of amides is 3. The quantitative estimate of drug-likeness (QED) is 0.253. The van der Waals surface area contributed by atoms with Gasteiger partial charge in [0, 0.05) is 44.2 Å². The Hall–Kier alpha value is -2.89. The molecule has 5 aliphatic rings. The molecule has 3 saturated heterocycles. The lowest BCUT2D eigenvalue weighted by atomic mass is 10.1. The molecule has 7 atom stereocenters. The van der Waals surface area contributed by atoms with Crippen LogP contribution in [0.1, 0.15) is 63.6 Å². The average molecular weight is 613 g/mol. The highest BCUT2D eigenvalue weighted by Crippen LogP contribution is 2.48. The molecule has 0 spiro atoms. The van der Waals surface area contributed by atoms with Crippen molar-refractivity contribution in [1.29, 1.82) is 5.26 Å². The Morgan fingerprint density at radius 1 is 1.21 bits per heavy atom. The minimum atomic E-state index is -0.910. The number of carbonyl (C=O) groups excluding carboxylic acids is 3. The van der Waals surface area contributed by atoms with Gasteiger partial charge in [-0.3, -0.25) is 14.5 Å². The van der Waals surface area contributed by atoms with Crippen molar-refractivity contribution in [1.82, 2.24) is 25.1 Å². The molecule has 1 aromatic carbocycles. The van der Waals surface area contributed by atoms with Gasteiger partial charge in [-0.25, -0.2) is 4.79 Å². The lowest BCUT2D eigenvalue weighted by Gasteiger charge is -2.39. The van der Waals surface area contributed by atoms with Crippen molar-refractivity contribution in [2.45, 2.75) is 99.6 Å². The summed E-state index contributed by atoms with van der Waals surface area (Å²) in [6.07, 6.45) is 3.32. The van der Waals surface area contributed by atoms with Crippen LogP contribution in [0.5, 0.6) is 0 Å². The van der Waals surface area contributed by atoms with Gasteiger partial charge in [-0.2, -0.15) is 10.3 Å². The van der Waals surface area contributed by atoms with E-state index >= 15 is 0 Å². The molecule has 3 aliphatic heterocycles. The van der Waals surface area contributed by atoms with Crippen LogP contribution in [0.4, 0.5) is 4.79 Å². The lowest BCUT2D eigenvalue weighted by Crippen LogP contribution is -2.59. The van der Waals surface area contributed by atoms with Crippen molar-refractivity contribution in [3.63, 3.8) is 0 Å². The molecule has 1 saturated carbocycles. The zero-order chi connectivity index (χ0) is 30.6. The van der Waals surface area contributed by atoms with E-state index in [0.29, 0.717) is 25.3 Å². The predicted octanol–water partition coefficient (Wildman–Crippen LogP) is 2.80. The number of hydrogen-bond acceptors (Lipinski definition) is 10. The van der Waals surface area contributed by atoms with Crippen LogP contribution >= 0.6 is 12.0 Å². The second-order valence-corrected chi connectivity index (χ2v) is 14.2. The van der Waals surface area contributed by atoms with Gasteiger partial charge < -0.3 is 19.9 Å². The summed E-state index contributed by atoms with van der Waals surface area (Å²) < 4.78 is 10.7. The van der Waals surface area contributed by atoms with E-state index in [9.17, 15) is 19.6 Å². The largest absolute Gasteiger partial charge is 0.444 e. The average Bonchev–Trinajstić information content (AvgIpc) is 3.25. The third-order valence-corrected chi connectivity index (χ3v) is 9.61. The summed E-state index contributed by atoms with van der Waals surface area (Å²) >= 11 is 1.15. The second kappa shape index (κ2) is 11.6. The summed E-state index contributed by atoms with van der Waals surface area (Å²) in [4.78, 5) is 52.1. The molecule has 13 heteroatoms. The number of ether oxygens (including phenoxy) is 1. The zero-order valence-electron chi connectivity index (χ0n) is 25.3. The van der Waals surface area contributed by atoms with Gasteiger partial charge in [0.05, 0.1) is 30.2 Å². The van der Waals surface area contributed by atoms with Crippen LogP contribution in [0.15, 0.2) is 23.1 Å². The van der Waals surface area contributed by atoms with Crippen LogP contribution in [-0.2, 0) is 30.1 Å². The fourth-order valence-corrected chi connectivity index (χ4v) is 7.81. The van der Waals surface area contributed by atoms with Crippen LogP contribution in [0.25, 0.3) is 0 Å². The molecule has 232 valence electrons. The zero-order valence-corrected chi connectivity index (χ0v) is 26.1. The number of piperazine rings is 1. The van der Waals surface area contributed by atoms with E-state index < -0.39 is 23.8 Å². The summed E-state index contributed by atoms with van der Waals surface area (Å²) in [5, 5.41) is 13.9. The molecule has 0 unspecified atom stereocenters. The Morgan fingerprint density at radius 3 is 2.70 bits per heavy atom. The van der Waals surface area contributed by atoms with Crippen LogP contribution in [-0.4, -0.2) is 101 Å². The van der Waals surface area contributed by atoms with Crippen molar-refractivity contribution in [2.24, 2.45) is 5.92 Å². The maximum Gasteiger partial charge on any atom is 0.408 e. The number of hydrogen-bond donors (Lipinski definition) is 1. The van der Waals surface area contributed by atoms with E-state index in [1.165, 1.54) is 16.2 Å². The minimum absolute atomic E-state index is 0.0164. The summed E-state index contributed by atoms with van der Waals surface area (Å²) in [5.74, 6) is 0.154. The smallest absolute Gasteiger partial charge is 0.408 e. The SMILES string of the molecule is CN(C)OOSc1ccc2c(c1)CC[C@@H]2N1C(=O)[C@H]2C[C@@H]1CN2C[C@H](NC(=O)OC(C)(C)C)C(=O)N1[C@H](C#N)C[C@@H]2C[C@@H]21. The number of nitrogens with zero attached hydrogens (tertiary/aromatic N) is 5. The normalized spacial score (nSPS) is 29.9. The molecule has 3 amide bonds. The Balaban J connectivity index is 1.13. The lowest BCUT2D eigenvalue weighted by molar-refractivity contribution is -0.340. The van der Waals surface area contributed by atoms with Crippen molar-refractivity contribution < 1.29 is 28.4 Å². The Labute approximate surface area is 256 Å². The molecule has 1 N–H and O–H groups in total. The number of benzene rings is 1. The molecule has 0 radical (unpaired) electrons. The van der Waals surface area contributed by atoms with Gasteiger partial charge in [-0.05, 0) is 82.1 Å². The van der Waals surface area contributed by atoms with E-state index in [-0.39, 0.29) is 42.5 Å². The highest BCUT2D eigenvalue weighted by Gasteiger charge is 2.57. The fourth-order valence-electron chi connectivity index (χ4n) is 7.27. The number of nitriles is 1. The van der Waals surface area contributed by atoms with Crippen LogP contribution in [0.2, 0.25) is 0 Å². The third kappa shape index (κ3) is 6.08. The number of piperidine rings is 1. The van der Waals surface area contributed by atoms with Crippen molar-refractivity contribution in [3.05, 3.63) is 29.3 Å². The number of carbonyl (C=O) groups is 3. The number of aryl methyl sites for hydroxylation is 1. The van der Waals surface area contributed by atoms with Gasteiger partial charge in [0.1, 0.15) is 17.7 Å². The highest BCUT2D eigenvalue weighted by molar-refractivity contribution is 7.94. The molecule has 6 rings (SSSR count). The van der Waals surface area contributed by atoms with Gasteiger partial charge in [0.25, 0.3) is 0 Å². The Kier molecular flexibility index (Phi) is 8.10. The molecule has 12 nitrogen and oxygen atoms in total. The standard InChI is InChI=1S/C30H40N6O6S/c1-30(2,3)40-29(39)32-23(27(37)35-19(14-31)10-18-12-25(18)35)16-34-15-20-13-26(34)28(38)36(20)24-9-6-17-11-21(7-8-22(17)24)43-42-41-33(4)5/h7-8,11,18-20,23-26H,6,9-10,12-13,15-16H2,1-5H3,(H,32,39)/t18-,19+,20-,23+,24+,25+,26-/m1/s1. The van der Waals surface area contributed by atoms with Crippen LogP contribution in [0, 0.1) is 17.2 Å². The molecule has 0 aromatic heterocycles. The molecule has 2 aliphatic carbocycles. The summed E-state index contributed by atoms with van der Waals surface area (Å²) in [5.41, 5.74) is 1.65. The third-order valence-electron chi connectivity index (χ3n) is 9.03. The van der Waals surface area contributed by atoms with Gasteiger partial charge in [-0.1, -0.05) is 6.07 Å². The van der Waals surface area contributed by atoms with Gasteiger partial charge in [-0.15, -0.1) is 9.32 Å². The predicted molar refractivity (Wildman–Crippen MR) is 156 cm³/mol. The van der Waals surface area contributed by atoms with Crippen molar-refractivity contribution in [3.8, 4) is 6.07 Å². The second-order valence-electron chi connectivity index (χ2n) is 13.4. The van der Waals surface area contributed by atoms with E-state index in [2.05, 4.69) is 23.5 Å². The Morgan fingerprint density at radius 2 is 2.00 bits per heavy atom. The summed E-state index contributed by atoms with van der Waals surface area (Å²) in [7, 11) is 3.48. The maximum atomic E-state index is 13.8. The molecule has 4 fully saturated rings. The van der Waals surface area contributed by atoms with Crippen LogP contribution < -0.4 is 5.32 Å². The number of likely N-dealkylation sites (tertiary alicyclic amines) is 3. The Bertz CT molecular complexity index is 1330. The molecule has 3 heterocycles. The molecular formula is C30H40N6O6S. The first-order valence-electron chi connectivity index (χ1n) is 15.0. The first-order valence-corrected chi connectivity index (χ1v) is 15.8. The number of hydroxylamine groups is 2. The minimum Gasteiger partial charge on any atom is -0.444 e. The summed E-state index contributed by atoms with van der Waals surface area (Å²) in [6.45, 7) is 6.13. The highest BCUT2D eigenvalue weighted by atomic mass is 32.2. The van der Waals surface area contributed by atoms with E-state index in [0.717, 1.165) is 36.2 Å². The van der Waals surface area contributed by atoms with E-state index in [4.69, 9.17) is 14.1 Å². The van der Waals surface area contributed by atoms with Crippen LogP contribution in [0.3, 0.4) is 0 Å². The molecule has 2 bridgehead atoms. The molecular weight excluding hydrogens is 572 g/mol. The monoisotopic (exact) mass is 612 g/mol. The summed E-state index contributed by atoms with van der Waals surface area (Å²) in [6, 6.07) is 6.78. The molecule has 43 heavy (non-hydrogen) atoms. The van der Waals surface area contributed by atoms with Gasteiger partial charge >= 0.3 is 6.09 Å². The molecule has 1 aromatic rings. The van der Waals surface area contributed by atoms with E-state index in [1.54, 1.807) is 39.8 Å². The van der Waals surface area contributed by atoms with Crippen molar-refractivity contribution >= 4 is 30.0 Å². The van der Waals surface area contributed by atoms with Gasteiger partial charge in [0.15, 0.2) is 0 Å². The number of nitrogens with one attached hydrogen (secondary N) is 1. The van der Waals surface area contributed by atoms with Crippen molar-refractivity contribution in [2.75, 3.05) is 27.2 Å². The van der Waals surface area contributed by atoms with E-state index in [1.807, 2.05) is 15.9 Å². The maximum absolute atomic E-state index is 13.8. The number of alkyl carbamates (subject to hydrolysis) is 1. The number of fused-ring (bicyclic) bond motifs is 4.